The van der Waals surface area contributed by atoms with Crippen LogP contribution in [0.1, 0.15) is 27.7 Å². The lowest BCUT2D eigenvalue weighted by molar-refractivity contribution is 0.231. The lowest BCUT2D eigenvalue weighted by Gasteiger charge is -2.43. The zero-order chi connectivity index (χ0) is 27.6. The van der Waals surface area contributed by atoms with Gasteiger partial charge in [0.2, 0.25) is 0 Å². The molecule has 39 heavy (non-hydrogen) atoms. The molecule has 0 radical (unpaired) electrons. The second-order valence-electron chi connectivity index (χ2n) is 11.1. The third-order valence-corrected chi connectivity index (χ3v) is 12.8. The Balaban J connectivity index is 1.52. The predicted octanol–water partition coefficient (Wildman–Crippen LogP) is 6.16. The number of aromatic nitrogens is 3. The van der Waals surface area contributed by atoms with E-state index in [2.05, 4.69) is 109 Å². The fourth-order valence-corrected chi connectivity index (χ4v) is 10.6. The van der Waals surface area contributed by atoms with Gasteiger partial charge in [0, 0.05) is 30.0 Å². The van der Waals surface area contributed by atoms with Crippen molar-refractivity contribution in [1.82, 2.24) is 14.1 Å². The molecule has 200 valence electrons. The van der Waals surface area contributed by atoms with E-state index in [4.69, 9.17) is 4.43 Å². The van der Waals surface area contributed by atoms with Gasteiger partial charge in [0.1, 0.15) is 0 Å². The van der Waals surface area contributed by atoms with Crippen molar-refractivity contribution >= 4 is 45.7 Å². The molecule has 7 heteroatoms. The maximum absolute atomic E-state index is 13.8. The van der Waals surface area contributed by atoms with E-state index in [0.29, 0.717) is 13.2 Å². The Kier molecular flexibility index (Phi) is 7.76. The van der Waals surface area contributed by atoms with Crippen molar-refractivity contribution in [2.45, 2.75) is 39.3 Å². The molecule has 1 atom stereocenters. The summed E-state index contributed by atoms with van der Waals surface area (Å²) in [5, 5.41) is 2.41. The highest BCUT2D eigenvalue weighted by atomic mass is 79.9. The Labute approximate surface area is 239 Å². The van der Waals surface area contributed by atoms with Crippen molar-refractivity contribution in [3.63, 3.8) is 0 Å². The number of imidazole rings is 1. The van der Waals surface area contributed by atoms with E-state index in [1.54, 1.807) is 17.0 Å². The molecule has 0 spiro atoms. The van der Waals surface area contributed by atoms with Gasteiger partial charge in [-0.1, -0.05) is 104 Å². The average molecular weight is 601 g/mol. The molecule has 2 aromatic heterocycles. The number of nitrogens with zero attached hydrogens (tertiary/aromatic N) is 3. The first-order valence-corrected chi connectivity index (χ1v) is 16.0. The second kappa shape index (κ2) is 11.1. The van der Waals surface area contributed by atoms with Gasteiger partial charge in [0.05, 0.1) is 16.7 Å². The molecule has 5 rings (SSSR count). The lowest BCUT2D eigenvalue weighted by Crippen LogP contribution is -2.66. The summed E-state index contributed by atoms with van der Waals surface area (Å²) in [6.07, 6.45) is 3.42. The molecule has 0 N–H and O–H groups in total. The molecule has 0 amide bonds. The minimum absolute atomic E-state index is 0.0633. The van der Waals surface area contributed by atoms with Crippen molar-refractivity contribution in [2.24, 2.45) is 5.92 Å². The third-order valence-electron chi connectivity index (χ3n) is 7.31. The van der Waals surface area contributed by atoms with E-state index in [-0.39, 0.29) is 16.6 Å². The summed E-state index contributed by atoms with van der Waals surface area (Å²) in [5.41, 5.74) is 2.50. The highest BCUT2D eigenvalue weighted by molar-refractivity contribution is 9.10. The Morgan fingerprint density at radius 3 is 2.03 bits per heavy atom. The van der Waals surface area contributed by atoms with Crippen LogP contribution in [0.15, 0.2) is 113 Å². The van der Waals surface area contributed by atoms with Crippen molar-refractivity contribution in [3.05, 3.63) is 118 Å². The molecule has 0 bridgehead atoms. The number of benzene rings is 3. The van der Waals surface area contributed by atoms with E-state index in [0.717, 1.165) is 21.2 Å². The first-order chi connectivity index (χ1) is 18.7. The normalized spacial score (nSPS) is 13.1. The molecule has 0 aliphatic carbocycles. The first kappa shape index (κ1) is 27.3. The fourth-order valence-electron chi connectivity index (χ4n) is 5.54. The highest BCUT2D eigenvalue weighted by Crippen LogP contribution is 2.37. The molecular weight excluding hydrogens is 566 g/mol. The maximum Gasteiger partial charge on any atom is 0.333 e. The van der Waals surface area contributed by atoms with Gasteiger partial charge in [-0.2, -0.15) is 0 Å². The minimum atomic E-state index is -2.66. The van der Waals surface area contributed by atoms with Gasteiger partial charge in [-0.25, -0.2) is 4.79 Å². The zero-order valence-electron chi connectivity index (χ0n) is 22.8. The van der Waals surface area contributed by atoms with Crippen molar-refractivity contribution in [1.29, 1.82) is 0 Å². The molecule has 5 nitrogen and oxygen atoms in total. The molecule has 3 aromatic carbocycles. The number of hydrogen-bond acceptors (Lipinski definition) is 3. The monoisotopic (exact) mass is 599 g/mol. The van der Waals surface area contributed by atoms with Crippen LogP contribution in [0.4, 0.5) is 0 Å². The highest BCUT2D eigenvalue weighted by Gasteiger charge is 2.50. The Morgan fingerprint density at radius 2 is 1.46 bits per heavy atom. The van der Waals surface area contributed by atoms with Gasteiger partial charge in [-0.3, -0.25) is 14.1 Å². The third kappa shape index (κ3) is 5.18. The molecule has 0 fully saturated rings. The van der Waals surface area contributed by atoms with Crippen LogP contribution in [-0.4, -0.2) is 29.0 Å². The van der Waals surface area contributed by atoms with Gasteiger partial charge in [0.15, 0.2) is 0 Å². The number of halogens is 1. The number of fused-ring (bicyclic) bond motifs is 1. The smallest absolute Gasteiger partial charge is 0.333 e. The van der Waals surface area contributed by atoms with Crippen LogP contribution >= 0.6 is 15.9 Å². The van der Waals surface area contributed by atoms with Crippen molar-refractivity contribution < 1.29 is 4.43 Å². The average Bonchev–Trinajstić information content (AvgIpc) is 3.20. The molecular formula is C32H34BrN3O2Si. The number of hydrogen-bond donors (Lipinski definition) is 0. The topological polar surface area (TPSA) is 49.0 Å². The quantitative estimate of drug-likeness (QED) is 0.201. The second-order valence-corrected chi connectivity index (χ2v) is 16.4. The largest absolute Gasteiger partial charge is 0.407 e. The van der Waals surface area contributed by atoms with Crippen LogP contribution in [0.2, 0.25) is 5.04 Å². The summed E-state index contributed by atoms with van der Waals surface area (Å²) in [5.74, 6) is 0.0971. The molecule has 0 aliphatic heterocycles. The van der Waals surface area contributed by atoms with Crippen LogP contribution in [0.25, 0.3) is 16.7 Å². The van der Waals surface area contributed by atoms with E-state index >= 15 is 0 Å². The van der Waals surface area contributed by atoms with Gasteiger partial charge in [0.25, 0.3) is 8.32 Å². The summed E-state index contributed by atoms with van der Waals surface area (Å²) < 4.78 is 11.7. The molecule has 0 aliphatic rings. The minimum Gasteiger partial charge on any atom is -0.407 e. The van der Waals surface area contributed by atoms with E-state index in [1.807, 2.05) is 34.9 Å². The maximum atomic E-state index is 13.8. The van der Waals surface area contributed by atoms with Crippen molar-refractivity contribution in [2.75, 3.05) is 6.61 Å². The summed E-state index contributed by atoms with van der Waals surface area (Å²) in [6.45, 7) is 10.1. The Hall–Kier alpha value is -3.26. The molecule has 0 unspecified atom stereocenters. The van der Waals surface area contributed by atoms with Gasteiger partial charge >= 0.3 is 5.69 Å². The lowest BCUT2D eigenvalue weighted by atomic mass is 10.2. The van der Waals surface area contributed by atoms with Gasteiger partial charge in [-0.15, -0.1) is 0 Å². The molecule has 0 saturated carbocycles. The summed E-state index contributed by atoms with van der Waals surface area (Å²) in [7, 11) is -2.66. The number of pyridine rings is 1. The van der Waals surface area contributed by atoms with Crippen LogP contribution in [-0.2, 0) is 11.0 Å². The summed E-state index contributed by atoms with van der Waals surface area (Å²) in [6, 6.07) is 31.1. The molecule has 5 aromatic rings. The number of rotatable bonds is 8. The Bertz CT molecular complexity index is 1570. The molecule has 0 saturated heterocycles. The van der Waals surface area contributed by atoms with Crippen molar-refractivity contribution in [3.8, 4) is 5.69 Å². The van der Waals surface area contributed by atoms with E-state index in [1.165, 1.54) is 10.4 Å². The fraction of sp³-hybridized carbons (Fsp3) is 0.250. The van der Waals surface area contributed by atoms with Crippen LogP contribution in [0, 0.1) is 5.92 Å². The SMILES string of the molecule is C[C@H](CO[Si](c1ccccc1)(c1ccccc1)C(C)(C)C)Cn1c(=O)n(-c2ccncc2)c2ccc(Br)cc21. The predicted molar refractivity (Wildman–Crippen MR) is 166 cm³/mol. The van der Waals surface area contributed by atoms with E-state index in [9.17, 15) is 4.79 Å². The van der Waals surface area contributed by atoms with Crippen LogP contribution in [0.5, 0.6) is 0 Å². The van der Waals surface area contributed by atoms with Gasteiger partial charge < -0.3 is 4.43 Å². The van der Waals surface area contributed by atoms with E-state index < -0.39 is 8.32 Å². The van der Waals surface area contributed by atoms with Crippen LogP contribution < -0.4 is 16.1 Å². The summed E-state index contributed by atoms with van der Waals surface area (Å²) in [4.78, 5) is 17.9. The van der Waals surface area contributed by atoms with Gasteiger partial charge in [-0.05, 0) is 51.7 Å². The van der Waals surface area contributed by atoms with Crippen LogP contribution in [0.3, 0.4) is 0 Å². The standard InChI is InChI=1S/C32H34BrN3O2Si/c1-24(22-35-30-21-25(33)15-16-29(30)36(31(35)37)26-17-19-34-20-18-26)23-38-39(32(2,3)4,27-11-7-5-8-12-27)28-13-9-6-10-14-28/h5-21,24H,22-23H2,1-4H3/t24-/m0/s1. The molecule has 2 heterocycles. The Morgan fingerprint density at radius 1 is 0.872 bits per heavy atom. The zero-order valence-corrected chi connectivity index (χ0v) is 25.4. The first-order valence-electron chi connectivity index (χ1n) is 13.3. The summed E-state index contributed by atoms with van der Waals surface area (Å²) >= 11 is 3.60.